The molecule has 0 heterocycles. The van der Waals surface area contributed by atoms with Crippen molar-refractivity contribution in [2.24, 2.45) is 0 Å². The fourth-order valence-electron chi connectivity index (χ4n) is 1.10. The number of hydrogen-bond acceptors (Lipinski definition) is 1. The number of phenols is 1. The fraction of sp³-hybridized carbons (Fsp3) is 0.0909. The van der Waals surface area contributed by atoms with Gasteiger partial charge in [0.25, 0.3) is 0 Å². The average Bonchev–Trinajstić information content (AvgIpc) is 2.09. The van der Waals surface area contributed by atoms with E-state index in [2.05, 4.69) is 13.2 Å². The molecule has 0 fully saturated rings. The highest BCUT2D eigenvalue weighted by Gasteiger charge is 2.01. The maximum absolute atomic E-state index is 9.60. The van der Waals surface area contributed by atoms with Gasteiger partial charge in [0.2, 0.25) is 0 Å². The van der Waals surface area contributed by atoms with Crippen molar-refractivity contribution < 1.29 is 5.11 Å². The molecule has 0 aliphatic heterocycles. The van der Waals surface area contributed by atoms with E-state index in [0.717, 1.165) is 11.1 Å². The zero-order chi connectivity index (χ0) is 8.97. The average molecular weight is 160 g/mol. The SMILES string of the molecule is C=CCc1cccc(C=C)c1O. The van der Waals surface area contributed by atoms with Crippen molar-refractivity contribution in [2.45, 2.75) is 6.42 Å². The van der Waals surface area contributed by atoms with Crippen LogP contribution in [0.1, 0.15) is 11.1 Å². The minimum Gasteiger partial charge on any atom is -0.507 e. The van der Waals surface area contributed by atoms with Crippen molar-refractivity contribution in [2.75, 3.05) is 0 Å². The molecule has 1 aromatic rings. The molecule has 1 nitrogen and oxygen atoms in total. The zero-order valence-corrected chi connectivity index (χ0v) is 6.96. The summed E-state index contributed by atoms with van der Waals surface area (Å²) in [5, 5.41) is 9.60. The topological polar surface area (TPSA) is 20.2 Å². The summed E-state index contributed by atoms with van der Waals surface area (Å²) < 4.78 is 0. The standard InChI is InChI=1S/C11H12O/c1-3-6-10-8-5-7-9(4-2)11(10)12/h3-5,7-8,12H,1-2,6H2. The van der Waals surface area contributed by atoms with E-state index >= 15 is 0 Å². The maximum Gasteiger partial charge on any atom is 0.126 e. The van der Waals surface area contributed by atoms with Crippen LogP contribution in [0.2, 0.25) is 0 Å². The van der Waals surface area contributed by atoms with Crippen molar-refractivity contribution in [1.29, 1.82) is 0 Å². The number of phenolic OH excluding ortho intramolecular Hbond substituents is 1. The van der Waals surface area contributed by atoms with E-state index in [9.17, 15) is 5.11 Å². The quantitative estimate of drug-likeness (QED) is 0.674. The minimum atomic E-state index is 0.312. The Balaban J connectivity index is 3.12. The first kappa shape index (κ1) is 8.60. The highest BCUT2D eigenvalue weighted by Crippen LogP contribution is 2.23. The van der Waals surface area contributed by atoms with Crippen LogP contribution in [-0.2, 0) is 6.42 Å². The number of allylic oxidation sites excluding steroid dienone is 1. The Morgan fingerprint density at radius 3 is 2.67 bits per heavy atom. The van der Waals surface area contributed by atoms with Crippen molar-refractivity contribution in [1.82, 2.24) is 0 Å². The number of benzene rings is 1. The maximum atomic E-state index is 9.60. The number of aromatic hydroxyl groups is 1. The Labute approximate surface area is 72.7 Å². The lowest BCUT2D eigenvalue weighted by atomic mass is 10.1. The van der Waals surface area contributed by atoms with E-state index in [0.29, 0.717) is 12.2 Å². The zero-order valence-electron chi connectivity index (χ0n) is 6.96. The van der Waals surface area contributed by atoms with Gasteiger partial charge in [0.15, 0.2) is 0 Å². The van der Waals surface area contributed by atoms with Crippen LogP contribution < -0.4 is 0 Å². The molecule has 1 aromatic carbocycles. The Bertz CT molecular complexity index is 300. The van der Waals surface area contributed by atoms with Gasteiger partial charge in [-0.25, -0.2) is 0 Å². The number of para-hydroxylation sites is 1. The van der Waals surface area contributed by atoms with Gasteiger partial charge in [0.1, 0.15) is 5.75 Å². The summed E-state index contributed by atoms with van der Waals surface area (Å²) in [5.74, 6) is 0.312. The second kappa shape index (κ2) is 3.77. The molecule has 62 valence electrons. The van der Waals surface area contributed by atoms with Gasteiger partial charge in [-0.2, -0.15) is 0 Å². The highest BCUT2D eigenvalue weighted by molar-refractivity contribution is 5.58. The monoisotopic (exact) mass is 160 g/mol. The first-order chi connectivity index (χ1) is 5.79. The van der Waals surface area contributed by atoms with Crippen LogP contribution in [0.25, 0.3) is 6.08 Å². The lowest BCUT2D eigenvalue weighted by molar-refractivity contribution is 0.468. The van der Waals surface area contributed by atoms with Crippen molar-refractivity contribution >= 4 is 6.08 Å². The predicted octanol–water partition coefficient (Wildman–Crippen LogP) is 2.76. The van der Waals surface area contributed by atoms with Crippen LogP contribution in [-0.4, -0.2) is 5.11 Å². The smallest absolute Gasteiger partial charge is 0.126 e. The van der Waals surface area contributed by atoms with Crippen molar-refractivity contribution in [3.05, 3.63) is 48.6 Å². The predicted molar refractivity (Wildman–Crippen MR) is 52.1 cm³/mol. The largest absolute Gasteiger partial charge is 0.507 e. The molecule has 0 bridgehead atoms. The third kappa shape index (κ3) is 1.56. The van der Waals surface area contributed by atoms with Crippen LogP contribution in [0.15, 0.2) is 37.4 Å². The van der Waals surface area contributed by atoms with Gasteiger partial charge in [-0.1, -0.05) is 36.9 Å². The summed E-state index contributed by atoms with van der Waals surface area (Å²) in [5.41, 5.74) is 1.66. The van der Waals surface area contributed by atoms with Crippen LogP contribution in [0.4, 0.5) is 0 Å². The molecule has 0 aliphatic rings. The lowest BCUT2D eigenvalue weighted by Gasteiger charge is -2.03. The van der Waals surface area contributed by atoms with Gasteiger partial charge < -0.3 is 5.11 Å². The van der Waals surface area contributed by atoms with E-state index in [1.54, 1.807) is 12.2 Å². The van der Waals surface area contributed by atoms with E-state index in [-0.39, 0.29) is 0 Å². The van der Waals surface area contributed by atoms with E-state index in [4.69, 9.17) is 0 Å². The van der Waals surface area contributed by atoms with Gasteiger partial charge >= 0.3 is 0 Å². The molecule has 0 saturated heterocycles. The van der Waals surface area contributed by atoms with E-state index in [1.165, 1.54) is 0 Å². The summed E-state index contributed by atoms with van der Waals surface area (Å²) in [6.07, 6.45) is 4.09. The molecular weight excluding hydrogens is 148 g/mol. The lowest BCUT2D eigenvalue weighted by Crippen LogP contribution is -1.84. The summed E-state index contributed by atoms with van der Waals surface area (Å²) in [6, 6.07) is 5.61. The Kier molecular flexibility index (Phi) is 2.70. The number of hydrogen-bond donors (Lipinski definition) is 1. The molecule has 1 heteroatoms. The minimum absolute atomic E-state index is 0.312. The molecule has 1 N–H and O–H groups in total. The molecule has 0 spiro atoms. The molecule has 0 aromatic heterocycles. The molecule has 0 amide bonds. The molecule has 0 atom stereocenters. The molecule has 0 saturated carbocycles. The van der Waals surface area contributed by atoms with E-state index in [1.807, 2.05) is 18.2 Å². The van der Waals surface area contributed by atoms with Gasteiger partial charge in [-0.05, 0) is 12.0 Å². The van der Waals surface area contributed by atoms with Crippen LogP contribution >= 0.6 is 0 Å². The van der Waals surface area contributed by atoms with Gasteiger partial charge in [-0.3, -0.25) is 0 Å². The van der Waals surface area contributed by atoms with Crippen LogP contribution in [0.5, 0.6) is 5.75 Å². The molecule has 0 aliphatic carbocycles. The third-order valence-corrected chi connectivity index (χ3v) is 1.73. The Morgan fingerprint density at radius 2 is 2.08 bits per heavy atom. The van der Waals surface area contributed by atoms with Crippen LogP contribution in [0, 0.1) is 0 Å². The molecule has 0 radical (unpaired) electrons. The Hall–Kier alpha value is -1.50. The first-order valence-electron chi connectivity index (χ1n) is 3.83. The molecule has 0 unspecified atom stereocenters. The fourth-order valence-corrected chi connectivity index (χ4v) is 1.10. The number of rotatable bonds is 3. The molecular formula is C11H12O. The summed E-state index contributed by atoms with van der Waals surface area (Å²) in [7, 11) is 0. The normalized spacial score (nSPS) is 9.33. The highest BCUT2D eigenvalue weighted by atomic mass is 16.3. The van der Waals surface area contributed by atoms with Gasteiger partial charge in [0.05, 0.1) is 0 Å². The Morgan fingerprint density at radius 1 is 1.33 bits per heavy atom. The van der Waals surface area contributed by atoms with Gasteiger partial charge in [0, 0.05) is 5.56 Å². The van der Waals surface area contributed by atoms with Gasteiger partial charge in [-0.15, -0.1) is 6.58 Å². The second-order valence-corrected chi connectivity index (χ2v) is 2.55. The summed E-state index contributed by atoms with van der Waals surface area (Å²) >= 11 is 0. The summed E-state index contributed by atoms with van der Waals surface area (Å²) in [4.78, 5) is 0. The summed E-state index contributed by atoms with van der Waals surface area (Å²) in [6.45, 7) is 7.22. The van der Waals surface area contributed by atoms with Crippen molar-refractivity contribution in [3.63, 3.8) is 0 Å². The third-order valence-electron chi connectivity index (χ3n) is 1.73. The molecule has 1 rings (SSSR count). The first-order valence-corrected chi connectivity index (χ1v) is 3.83. The van der Waals surface area contributed by atoms with Crippen molar-refractivity contribution in [3.8, 4) is 5.75 Å². The molecule has 12 heavy (non-hydrogen) atoms. The van der Waals surface area contributed by atoms with Crippen LogP contribution in [0.3, 0.4) is 0 Å². The second-order valence-electron chi connectivity index (χ2n) is 2.55. The van der Waals surface area contributed by atoms with E-state index < -0.39 is 0 Å².